The van der Waals surface area contributed by atoms with Gasteiger partial charge in [-0.05, 0) is 25.5 Å². The van der Waals surface area contributed by atoms with Crippen LogP contribution in [-0.2, 0) is 19.9 Å². The van der Waals surface area contributed by atoms with E-state index >= 15 is 0 Å². The molecule has 1 aromatic heterocycles. The number of nitrogens with one attached hydrogen (secondary N) is 1. The zero-order chi connectivity index (χ0) is 20.6. The molecule has 0 bridgehead atoms. The molecule has 1 N–H and O–H groups in total. The minimum Gasteiger partial charge on any atom is -0.264 e. The predicted octanol–water partition coefficient (Wildman–Crippen LogP) is 3.02. The first-order valence-corrected chi connectivity index (χ1v) is 12.5. The van der Waals surface area contributed by atoms with Crippen molar-refractivity contribution in [3.8, 4) is 11.3 Å². The maximum Gasteiger partial charge on any atom is 0.263 e. The summed E-state index contributed by atoms with van der Waals surface area (Å²) in [5.74, 6) is 0.274. The van der Waals surface area contributed by atoms with E-state index in [1.54, 1.807) is 18.2 Å². The van der Waals surface area contributed by atoms with Crippen LogP contribution in [0.4, 0.5) is 5.82 Å². The van der Waals surface area contributed by atoms with E-state index in [1.807, 2.05) is 37.3 Å². The Morgan fingerprint density at radius 3 is 2.38 bits per heavy atom. The topological polar surface area (TPSA) is 98.1 Å². The van der Waals surface area contributed by atoms with Gasteiger partial charge in [0.2, 0.25) is 0 Å². The lowest BCUT2D eigenvalue weighted by Crippen LogP contribution is -2.20. The van der Waals surface area contributed by atoms with Crippen LogP contribution in [0.3, 0.4) is 0 Å². The summed E-state index contributed by atoms with van der Waals surface area (Å²) in [6.45, 7) is 1.88. The Labute approximate surface area is 170 Å². The van der Waals surface area contributed by atoms with Crippen LogP contribution in [-0.4, -0.2) is 38.1 Å². The Balaban J connectivity index is 1.75. The van der Waals surface area contributed by atoms with Crippen molar-refractivity contribution in [3.05, 3.63) is 66.2 Å². The van der Waals surface area contributed by atoms with Gasteiger partial charge in [0.15, 0.2) is 9.84 Å². The molecule has 9 heteroatoms. The maximum atomic E-state index is 12.9. The summed E-state index contributed by atoms with van der Waals surface area (Å²) in [5, 5.41) is 4.55. The molecule has 2 heterocycles. The molecule has 0 saturated carbocycles. The van der Waals surface area contributed by atoms with Crippen LogP contribution in [0.2, 0.25) is 0 Å². The van der Waals surface area contributed by atoms with Gasteiger partial charge in [0, 0.05) is 11.6 Å². The monoisotopic (exact) mass is 431 g/mol. The second-order valence-corrected chi connectivity index (χ2v) is 11.1. The fourth-order valence-electron chi connectivity index (χ4n) is 3.38. The number of benzene rings is 2. The molecule has 2 aromatic carbocycles. The highest BCUT2D eigenvalue weighted by atomic mass is 32.2. The summed E-state index contributed by atoms with van der Waals surface area (Å²) in [5.41, 5.74) is 2.36. The van der Waals surface area contributed by atoms with Crippen molar-refractivity contribution < 1.29 is 16.8 Å². The first-order valence-electron chi connectivity index (χ1n) is 9.18. The fourth-order valence-corrected chi connectivity index (χ4v) is 6.11. The standard InChI is InChI=1S/C20H21N3O4S2/c1-15-7-9-18(10-8-15)29(26,27)22-20-13-19(16-5-3-2-4-6-16)21-23(20)17-11-12-28(24,25)14-17/h2-10,13,17,22H,11-12,14H2,1H3/t17-/m0/s1. The number of rotatable bonds is 5. The number of sulfonamides is 1. The number of aromatic nitrogens is 2. The van der Waals surface area contributed by atoms with Crippen LogP contribution in [0.25, 0.3) is 11.3 Å². The van der Waals surface area contributed by atoms with Crippen LogP contribution in [0.15, 0.2) is 65.6 Å². The van der Waals surface area contributed by atoms with Gasteiger partial charge in [-0.2, -0.15) is 5.10 Å². The summed E-state index contributed by atoms with van der Waals surface area (Å²) in [6, 6.07) is 17.1. The SMILES string of the molecule is Cc1ccc(S(=O)(=O)Nc2cc(-c3ccccc3)nn2[C@H]2CCS(=O)(=O)C2)cc1. The van der Waals surface area contributed by atoms with Gasteiger partial charge in [0.1, 0.15) is 5.82 Å². The van der Waals surface area contributed by atoms with E-state index in [0.717, 1.165) is 11.1 Å². The molecule has 4 rings (SSSR count). The molecular formula is C20H21N3O4S2. The second kappa shape index (κ2) is 7.31. The molecule has 152 valence electrons. The number of aryl methyl sites for hydroxylation is 1. The van der Waals surface area contributed by atoms with Crippen molar-refractivity contribution in [2.45, 2.75) is 24.3 Å². The molecule has 0 unspecified atom stereocenters. The van der Waals surface area contributed by atoms with Crippen LogP contribution < -0.4 is 4.72 Å². The van der Waals surface area contributed by atoms with Gasteiger partial charge >= 0.3 is 0 Å². The van der Waals surface area contributed by atoms with Gasteiger partial charge < -0.3 is 0 Å². The molecule has 1 fully saturated rings. The third-order valence-corrected chi connectivity index (χ3v) is 8.05. The summed E-state index contributed by atoms with van der Waals surface area (Å²) in [4.78, 5) is 0.135. The summed E-state index contributed by atoms with van der Waals surface area (Å²) < 4.78 is 53.8. The molecule has 0 aliphatic carbocycles. The fraction of sp³-hybridized carbons (Fsp3) is 0.250. The van der Waals surface area contributed by atoms with E-state index in [4.69, 9.17) is 0 Å². The first kappa shape index (κ1) is 19.7. The van der Waals surface area contributed by atoms with E-state index in [9.17, 15) is 16.8 Å². The number of anilines is 1. The molecule has 1 saturated heterocycles. The Morgan fingerprint density at radius 1 is 1.07 bits per heavy atom. The Kier molecular flexibility index (Phi) is 4.95. The minimum absolute atomic E-state index is 0.0534. The lowest BCUT2D eigenvalue weighted by Gasteiger charge is -2.14. The number of hydrogen-bond donors (Lipinski definition) is 1. The Bertz CT molecular complexity index is 1230. The number of hydrogen-bond acceptors (Lipinski definition) is 5. The van der Waals surface area contributed by atoms with Gasteiger partial charge in [-0.1, -0.05) is 48.0 Å². The highest BCUT2D eigenvalue weighted by Gasteiger charge is 2.32. The largest absolute Gasteiger partial charge is 0.264 e. The van der Waals surface area contributed by atoms with Crippen LogP contribution >= 0.6 is 0 Å². The molecule has 3 aromatic rings. The van der Waals surface area contributed by atoms with E-state index in [2.05, 4.69) is 9.82 Å². The van der Waals surface area contributed by atoms with Gasteiger partial charge in [-0.15, -0.1) is 0 Å². The Hall–Kier alpha value is -2.65. The van der Waals surface area contributed by atoms with Crippen molar-refractivity contribution in [1.29, 1.82) is 0 Å². The number of sulfone groups is 1. The summed E-state index contributed by atoms with van der Waals surface area (Å²) in [7, 11) is -6.99. The highest BCUT2D eigenvalue weighted by molar-refractivity contribution is 7.92. The van der Waals surface area contributed by atoms with E-state index in [1.165, 1.54) is 16.8 Å². The molecule has 0 amide bonds. The molecule has 7 nitrogen and oxygen atoms in total. The molecule has 1 atom stereocenters. The highest BCUT2D eigenvalue weighted by Crippen LogP contribution is 2.31. The zero-order valence-electron chi connectivity index (χ0n) is 15.8. The van der Waals surface area contributed by atoms with Crippen LogP contribution in [0, 0.1) is 6.92 Å². The predicted molar refractivity (Wildman–Crippen MR) is 112 cm³/mol. The van der Waals surface area contributed by atoms with Crippen LogP contribution in [0.5, 0.6) is 0 Å². The average molecular weight is 432 g/mol. The number of nitrogens with zero attached hydrogens (tertiary/aromatic N) is 2. The molecule has 0 spiro atoms. The average Bonchev–Trinajstić information content (AvgIpc) is 3.25. The summed E-state index contributed by atoms with van der Waals surface area (Å²) in [6.07, 6.45) is 0.400. The van der Waals surface area contributed by atoms with E-state index in [0.29, 0.717) is 12.1 Å². The third kappa shape index (κ3) is 4.20. The van der Waals surface area contributed by atoms with Crippen molar-refractivity contribution in [1.82, 2.24) is 9.78 Å². The minimum atomic E-state index is -3.84. The third-order valence-electron chi connectivity index (χ3n) is 4.93. The zero-order valence-corrected chi connectivity index (χ0v) is 17.4. The molecule has 0 radical (unpaired) electrons. The lowest BCUT2D eigenvalue weighted by molar-refractivity contribution is 0.507. The van der Waals surface area contributed by atoms with Gasteiger partial charge in [-0.25, -0.2) is 21.5 Å². The second-order valence-electron chi connectivity index (χ2n) is 7.20. The normalized spacial score (nSPS) is 18.6. The molecule has 1 aliphatic rings. The van der Waals surface area contributed by atoms with E-state index < -0.39 is 25.9 Å². The Morgan fingerprint density at radius 2 is 1.76 bits per heavy atom. The molecule has 1 aliphatic heterocycles. The maximum absolute atomic E-state index is 12.9. The summed E-state index contributed by atoms with van der Waals surface area (Å²) >= 11 is 0. The van der Waals surface area contributed by atoms with Crippen molar-refractivity contribution >= 4 is 25.7 Å². The molecule has 29 heavy (non-hydrogen) atoms. The molecular weight excluding hydrogens is 410 g/mol. The van der Waals surface area contributed by atoms with Gasteiger partial charge in [0.25, 0.3) is 10.0 Å². The van der Waals surface area contributed by atoms with Gasteiger partial charge in [-0.3, -0.25) is 4.72 Å². The lowest BCUT2D eigenvalue weighted by atomic mass is 10.2. The first-order chi connectivity index (χ1) is 13.7. The van der Waals surface area contributed by atoms with Crippen molar-refractivity contribution in [2.24, 2.45) is 0 Å². The quantitative estimate of drug-likeness (QED) is 0.670. The van der Waals surface area contributed by atoms with Crippen LogP contribution in [0.1, 0.15) is 18.0 Å². The smallest absolute Gasteiger partial charge is 0.263 e. The van der Waals surface area contributed by atoms with Gasteiger partial charge in [0.05, 0.1) is 28.1 Å². The van der Waals surface area contributed by atoms with E-state index in [-0.39, 0.29) is 22.2 Å². The van der Waals surface area contributed by atoms with Crippen molar-refractivity contribution in [3.63, 3.8) is 0 Å². The van der Waals surface area contributed by atoms with Crippen molar-refractivity contribution in [2.75, 3.05) is 16.2 Å².